The number of piperazine rings is 1. The average molecular weight is 784 g/mol. The zero-order chi connectivity index (χ0) is 39.4. The molecule has 1 saturated carbocycles. The van der Waals surface area contributed by atoms with E-state index < -0.39 is 11.9 Å². The van der Waals surface area contributed by atoms with Gasteiger partial charge in [-0.3, -0.25) is 29.4 Å². The van der Waals surface area contributed by atoms with Gasteiger partial charge in [0.1, 0.15) is 17.9 Å². The van der Waals surface area contributed by atoms with Crippen molar-refractivity contribution in [3.8, 4) is 11.8 Å². The van der Waals surface area contributed by atoms with E-state index in [1.54, 1.807) is 6.07 Å². The van der Waals surface area contributed by atoms with Crippen LogP contribution in [0.3, 0.4) is 0 Å². The van der Waals surface area contributed by atoms with Crippen LogP contribution in [0.2, 0.25) is 5.02 Å². The van der Waals surface area contributed by atoms with Crippen LogP contribution in [0.4, 0.5) is 11.5 Å². The number of amides is 4. The summed E-state index contributed by atoms with van der Waals surface area (Å²) in [5, 5.41) is 34.3. The molecule has 0 spiro atoms. The molecule has 4 N–H and O–H groups in total. The van der Waals surface area contributed by atoms with Gasteiger partial charge in [0.15, 0.2) is 11.5 Å². The second-order valence-electron chi connectivity index (χ2n) is 15.0. The van der Waals surface area contributed by atoms with Gasteiger partial charge >= 0.3 is 0 Å². The third-order valence-corrected chi connectivity index (χ3v) is 11.3. The lowest BCUT2D eigenvalue weighted by atomic mass is 9.95. The van der Waals surface area contributed by atoms with Crippen molar-refractivity contribution < 1.29 is 24.3 Å². The van der Waals surface area contributed by atoms with E-state index in [1.807, 2.05) is 24.3 Å². The highest BCUT2D eigenvalue weighted by molar-refractivity contribution is 6.31. The predicted molar refractivity (Wildman–Crippen MR) is 212 cm³/mol. The van der Waals surface area contributed by atoms with Gasteiger partial charge in [0.2, 0.25) is 17.7 Å². The summed E-state index contributed by atoms with van der Waals surface area (Å²) >= 11 is 5.55. The van der Waals surface area contributed by atoms with E-state index in [0.29, 0.717) is 23.6 Å². The Morgan fingerprint density at radius 2 is 1.59 bits per heavy atom. The highest BCUT2D eigenvalue weighted by Crippen LogP contribution is 2.25. The zero-order valence-corrected chi connectivity index (χ0v) is 32.3. The van der Waals surface area contributed by atoms with Crippen LogP contribution in [-0.2, 0) is 20.8 Å². The second kappa shape index (κ2) is 19.6. The quantitative estimate of drug-likeness (QED) is 0.231. The first-order valence-electron chi connectivity index (χ1n) is 19.6. The van der Waals surface area contributed by atoms with Gasteiger partial charge in [-0.15, -0.1) is 10.2 Å². The lowest BCUT2D eigenvalue weighted by molar-refractivity contribution is -0.137. The number of phenols is 1. The van der Waals surface area contributed by atoms with Crippen molar-refractivity contribution in [2.75, 3.05) is 55.6 Å². The number of phenolic OH excluding ortho intramolecular Hbond substituents is 1. The van der Waals surface area contributed by atoms with Crippen molar-refractivity contribution in [1.29, 1.82) is 5.26 Å². The number of aromatic nitrogens is 2. The molecule has 4 heterocycles. The second-order valence-corrected chi connectivity index (χ2v) is 15.4. The molecule has 1 unspecified atom stereocenters. The number of carbonyl (C=O) groups is 4. The number of imide groups is 1. The number of anilines is 2. The molecule has 3 saturated heterocycles. The molecule has 1 aliphatic carbocycles. The van der Waals surface area contributed by atoms with Crippen molar-refractivity contribution in [1.82, 2.24) is 31.0 Å². The topological polar surface area (TPSA) is 184 Å². The number of hydrogen-bond acceptors (Lipinski definition) is 11. The van der Waals surface area contributed by atoms with E-state index in [1.165, 1.54) is 37.5 Å². The molecule has 56 heavy (non-hydrogen) atoms. The van der Waals surface area contributed by atoms with Gasteiger partial charge in [-0.1, -0.05) is 43.0 Å². The Bertz CT molecular complexity index is 1870. The summed E-state index contributed by atoms with van der Waals surface area (Å²) in [6, 6.07) is 17.5. The number of nitrogens with zero attached hydrogens (tertiary/aromatic N) is 6. The Morgan fingerprint density at radius 1 is 0.857 bits per heavy atom. The molecule has 4 fully saturated rings. The fourth-order valence-electron chi connectivity index (χ4n) is 7.70. The minimum atomic E-state index is -0.647. The summed E-state index contributed by atoms with van der Waals surface area (Å²) in [7, 11) is 0. The van der Waals surface area contributed by atoms with Crippen molar-refractivity contribution in [2.45, 2.75) is 76.3 Å². The third-order valence-electron chi connectivity index (χ3n) is 11.0. The Labute approximate surface area is 332 Å². The Kier molecular flexibility index (Phi) is 14.1. The molecule has 4 aliphatic rings. The molecule has 0 radical (unpaired) electrons. The number of benzene rings is 2. The van der Waals surface area contributed by atoms with Crippen LogP contribution in [0.5, 0.6) is 5.75 Å². The fourth-order valence-corrected chi connectivity index (χ4v) is 7.92. The number of aromatic hydroxyl groups is 1. The van der Waals surface area contributed by atoms with E-state index in [0.717, 1.165) is 88.6 Å². The van der Waals surface area contributed by atoms with Gasteiger partial charge in [-0.05, 0) is 86.1 Å². The van der Waals surface area contributed by atoms with Gasteiger partial charge in [0, 0.05) is 64.0 Å². The molecule has 0 bridgehead atoms. The summed E-state index contributed by atoms with van der Waals surface area (Å²) in [4.78, 5) is 55.5. The van der Waals surface area contributed by atoms with E-state index in [-0.39, 0.29) is 47.4 Å². The van der Waals surface area contributed by atoms with Crippen molar-refractivity contribution >= 4 is 46.7 Å². The maximum Gasteiger partial charge on any atom is 0.272 e. The van der Waals surface area contributed by atoms with Gasteiger partial charge in [-0.2, -0.15) is 5.26 Å². The molecule has 2 aromatic carbocycles. The number of carbonyl (C=O) groups excluding carboxylic acids is 4. The highest BCUT2D eigenvalue weighted by Gasteiger charge is 2.28. The largest absolute Gasteiger partial charge is 0.508 e. The van der Waals surface area contributed by atoms with Gasteiger partial charge in [0.25, 0.3) is 5.91 Å². The smallest absolute Gasteiger partial charge is 0.272 e. The number of nitrogens with one attached hydrogen (secondary N) is 3. The van der Waals surface area contributed by atoms with Crippen LogP contribution in [0, 0.1) is 17.2 Å². The molecular formula is C41H50ClN9O5. The zero-order valence-electron chi connectivity index (χ0n) is 31.6. The van der Waals surface area contributed by atoms with Crippen LogP contribution >= 0.6 is 11.6 Å². The van der Waals surface area contributed by atoms with Crippen LogP contribution in [0.15, 0.2) is 54.6 Å². The minimum absolute atomic E-state index is 0.0731. The first-order chi connectivity index (χ1) is 27.1. The fraction of sp³-hybridized carbons (Fsp3) is 0.488. The number of piperidine rings is 2. The van der Waals surface area contributed by atoms with Crippen molar-refractivity contribution in [3.63, 3.8) is 0 Å². The van der Waals surface area contributed by atoms with Crippen LogP contribution < -0.4 is 25.8 Å². The van der Waals surface area contributed by atoms with Gasteiger partial charge in [0.05, 0.1) is 17.0 Å². The number of rotatable bonds is 9. The van der Waals surface area contributed by atoms with Gasteiger partial charge in [-0.25, -0.2) is 0 Å². The van der Waals surface area contributed by atoms with E-state index in [4.69, 9.17) is 22.0 Å². The Morgan fingerprint density at radius 3 is 2.23 bits per heavy atom. The molecule has 3 aliphatic heterocycles. The summed E-state index contributed by atoms with van der Waals surface area (Å²) in [5.74, 6) is 0.515. The molecule has 1 atom stereocenters. The monoisotopic (exact) mass is 783 g/mol. The first kappa shape index (κ1) is 40.4. The predicted octanol–water partition coefficient (Wildman–Crippen LogP) is 3.96. The summed E-state index contributed by atoms with van der Waals surface area (Å²) in [6.45, 7) is 6.97. The average Bonchev–Trinajstić information content (AvgIpc) is 3.21. The van der Waals surface area contributed by atoms with Crippen LogP contribution in [-0.4, -0.2) is 102 Å². The number of hydrogen-bond donors (Lipinski definition) is 4. The molecular weight excluding hydrogens is 734 g/mol. The molecule has 296 valence electrons. The van der Waals surface area contributed by atoms with E-state index >= 15 is 0 Å². The van der Waals surface area contributed by atoms with Crippen molar-refractivity contribution in [2.24, 2.45) is 5.92 Å². The van der Waals surface area contributed by atoms with E-state index in [2.05, 4.69) is 53.0 Å². The Hall–Kier alpha value is -5.26. The molecule has 1 aromatic heterocycles. The SMILES string of the molecule is N#Cc1ccc(O)cc1Cl.O=C1CCC(NC(=O)Cc2ccc(N3CCN(CC4CCN(c5ccc(C(=O)NC6CCCCC6)nn5)CC4)CC3)cc2)C(=O)N1. The van der Waals surface area contributed by atoms with Crippen molar-refractivity contribution in [3.05, 3.63) is 76.4 Å². The van der Waals surface area contributed by atoms with E-state index in [9.17, 15) is 19.2 Å². The van der Waals surface area contributed by atoms with Crippen LogP contribution in [0.25, 0.3) is 0 Å². The first-order valence-corrected chi connectivity index (χ1v) is 20.0. The summed E-state index contributed by atoms with van der Waals surface area (Å²) < 4.78 is 0. The lowest BCUT2D eigenvalue weighted by Crippen LogP contribution is -2.52. The maximum absolute atomic E-state index is 12.6. The normalized spacial score (nSPS) is 19.6. The minimum Gasteiger partial charge on any atom is -0.508 e. The molecule has 4 amide bonds. The standard InChI is InChI=1S/C34H46N8O4.C7H4ClNO/c43-31-13-11-28(33(45)37-31)36-32(44)22-24-6-8-27(9-7-24)41-20-18-40(19-21-41)23-25-14-16-42(17-15-25)30-12-10-29(38-39-30)34(46)35-26-4-2-1-3-5-26;8-7-3-6(10)2-1-5(7)4-9/h6-10,12,25-26,28H,1-5,11,13-23H2,(H,35,46)(H,36,44)(H,37,43,45);1-3,10H. The molecule has 3 aromatic rings. The number of nitriles is 1. The third kappa shape index (κ3) is 11.4. The molecule has 15 heteroatoms. The number of halogens is 1. The Balaban J connectivity index is 0.000000463. The lowest BCUT2D eigenvalue weighted by Gasteiger charge is -2.39. The summed E-state index contributed by atoms with van der Waals surface area (Å²) in [6.07, 6.45) is 8.73. The highest BCUT2D eigenvalue weighted by atomic mass is 35.5. The maximum atomic E-state index is 12.6. The van der Waals surface area contributed by atoms with Gasteiger partial charge < -0.3 is 25.5 Å². The molecule has 7 rings (SSSR count). The molecule has 14 nitrogen and oxygen atoms in total. The van der Waals surface area contributed by atoms with Crippen LogP contribution in [0.1, 0.15) is 79.4 Å². The summed E-state index contributed by atoms with van der Waals surface area (Å²) in [5.41, 5.74) is 2.81.